The zero-order valence-electron chi connectivity index (χ0n) is 27.3. The molecule has 0 unspecified atom stereocenters. The van der Waals surface area contributed by atoms with Gasteiger partial charge < -0.3 is 19.0 Å². The average Bonchev–Trinajstić information content (AvgIpc) is 3.13. The van der Waals surface area contributed by atoms with Crippen LogP contribution >= 0.6 is 0 Å². The maximum absolute atomic E-state index is 11.1. The third kappa shape index (κ3) is 18.2. The van der Waals surface area contributed by atoms with Gasteiger partial charge in [0.15, 0.2) is 0 Å². The standard InChI is InChI=1S/C30H38O4Si.6CO.2Co/c1-23-17-18-25(34-28-16-11-19-32-29(28)20-23)21-24(31)22-33-35(30(2,3)4,26-12-7-5-8-13-26)27-14-9-6-10-15-27;6*1-2;;/h5-10,12-15,24-25,28-29,31H,1,11,16,19-22H2,2-4H3;;;;;;;;/t24-,25-,28-,29+;;;;;;;;/m0......../s1. The second kappa shape index (κ2) is 33.7. The Bertz CT molecular complexity index is 1240. The molecule has 4 rings (SSSR count). The van der Waals surface area contributed by atoms with Crippen LogP contribution in [0, 0.1) is 51.7 Å². The Kier molecular flexibility index (Phi) is 38.3. The molecule has 10 nitrogen and oxygen atoms in total. The van der Waals surface area contributed by atoms with E-state index in [9.17, 15) is 5.11 Å². The van der Waals surface area contributed by atoms with Crippen LogP contribution < -0.4 is 10.4 Å². The number of fused-ring (bicyclic) bond motifs is 1. The monoisotopic (exact) mass is 776 g/mol. The number of aliphatic hydroxyl groups excluding tert-OH is 1. The first-order chi connectivity index (χ1) is 22.8. The zero-order valence-corrected chi connectivity index (χ0v) is 30.4. The van der Waals surface area contributed by atoms with Gasteiger partial charge in [-0.15, -0.1) is 0 Å². The van der Waals surface area contributed by atoms with Crippen molar-refractivity contribution >= 4 is 18.7 Å². The van der Waals surface area contributed by atoms with Crippen molar-refractivity contribution in [1.82, 2.24) is 0 Å². The molecule has 1 fully saturated rings. The molecule has 2 radical (unpaired) electrons. The maximum atomic E-state index is 11.1. The van der Waals surface area contributed by atoms with Crippen LogP contribution in [0.5, 0.6) is 0 Å². The van der Waals surface area contributed by atoms with Crippen molar-refractivity contribution in [2.45, 2.75) is 75.9 Å². The molecule has 2 aliphatic rings. The summed E-state index contributed by atoms with van der Waals surface area (Å²) in [6, 6.07) is 21.0. The van der Waals surface area contributed by atoms with Gasteiger partial charge in [-0.05, 0) is 33.8 Å². The molecule has 264 valence electrons. The average molecular weight is 777 g/mol. The Hall–Kier alpha value is -2.75. The van der Waals surface area contributed by atoms with E-state index in [1.807, 2.05) is 12.1 Å². The summed E-state index contributed by atoms with van der Waals surface area (Å²) in [6.07, 6.45) is 1.94. The van der Waals surface area contributed by atoms with Gasteiger partial charge in [0.2, 0.25) is 0 Å². The largest absolute Gasteiger partial charge is 0 e. The minimum Gasteiger partial charge on any atom is 0 e. The van der Waals surface area contributed by atoms with E-state index in [4.69, 9.17) is 41.8 Å². The third-order valence-electron chi connectivity index (χ3n) is 6.97. The first-order valence-electron chi connectivity index (χ1n) is 13.9. The van der Waals surface area contributed by atoms with Gasteiger partial charge >= 0.3 is 67.8 Å². The summed E-state index contributed by atoms with van der Waals surface area (Å²) in [5.74, 6) is 6.32. The van der Waals surface area contributed by atoms with Crippen molar-refractivity contribution in [2.75, 3.05) is 13.2 Å². The van der Waals surface area contributed by atoms with Gasteiger partial charge in [0.25, 0.3) is 8.32 Å². The Balaban J connectivity index is -0.000000417. The zero-order chi connectivity index (χ0) is 36.9. The van der Waals surface area contributed by atoms with Crippen LogP contribution in [0.3, 0.4) is 0 Å². The van der Waals surface area contributed by atoms with Crippen LogP contribution in [0.1, 0.15) is 46.5 Å². The van der Waals surface area contributed by atoms with Gasteiger partial charge in [-0.1, -0.05) is 99.9 Å². The second-order valence-electron chi connectivity index (χ2n) is 10.7. The summed E-state index contributed by atoms with van der Waals surface area (Å²) < 4.78 is 64.2. The first-order valence-corrected chi connectivity index (χ1v) is 15.8. The van der Waals surface area contributed by atoms with Gasteiger partial charge in [-0.3, -0.25) is 0 Å². The Morgan fingerprint density at radius 2 is 1.29 bits per heavy atom. The van der Waals surface area contributed by atoms with E-state index in [1.54, 1.807) is 0 Å². The number of hydrogen-bond acceptors (Lipinski definition) is 4. The van der Waals surface area contributed by atoms with E-state index in [-0.39, 0.29) is 63.5 Å². The third-order valence-corrected chi connectivity index (χ3v) is 12.0. The summed E-state index contributed by atoms with van der Waals surface area (Å²) in [4.78, 5) is 0. The van der Waals surface area contributed by atoms with E-state index in [0.29, 0.717) is 12.8 Å². The Labute approximate surface area is 311 Å². The quantitative estimate of drug-likeness (QED) is 0.195. The van der Waals surface area contributed by atoms with Crippen LogP contribution in [0.15, 0.2) is 72.8 Å². The topological polar surface area (TPSA) is 167 Å². The summed E-state index contributed by atoms with van der Waals surface area (Å²) in [7, 11) is -2.71. The molecule has 2 heterocycles. The number of benzene rings is 2. The molecule has 2 aliphatic heterocycles. The molecule has 2 aromatic carbocycles. The minimum atomic E-state index is -2.71. The summed E-state index contributed by atoms with van der Waals surface area (Å²) in [6.45, 7) is 38.8. The Morgan fingerprint density at radius 3 is 1.71 bits per heavy atom. The van der Waals surface area contributed by atoms with Crippen molar-refractivity contribution in [3.05, 3.63) is 113 Å². The van der Waals surface area contributed by atoms with E-state index < -0.39 is 14.4 Å². The van der Waals surface area contributed by atoms with Crippen LogP contribution in [0.4, 0.5) is 0 Å². The molecule has 0 saturated carbocycles. The van der Waals surface area contributed by atoms with E-state index in [0.717, 1.165) is 25.0 Å². The fraction of sp³-hybridized carbons (Fsp3) is 0.389. The predicted octanol–water partition coefficient (Wildman–Crippen LogP) is 3.98. The van der Waals surface area contributed by atoms with Crippen LogP contribution in [0.25, 0.3) is 0 Å². The molecule has 0 spiro atoms. The molecule has 0 aliphatic carbocycles. The molecule has 1 saturated heterocycles. The number of ether oxygens (including phenoxy) is 2. The molecule has 1 N–H and O–H groups in total. The van der Waals surface area contributed by atoms with Crippen molar-refractivity contribution in [3.8, 4) is 11.8 Å². The number of aliphatic hydroxyl groups is 1. The summed E-state index contributed by atoms with van der Waals surface area (Å²) in [5.41, 5.74) is 0.869. The molecule has 4 atom stereocenters. The summed E-state index contributed by atoms with van der Waals surface area (Å²) >= 11 is 0. The Morgan fingerprint density at radius 1 is 0.837 bits per heavy atom. The van der Waals surface area contributed by atoms with E-state index >= 15 is 0 Å². The maximum Gasteiger partial charge on any atom is 0 e. The van der Waals surface area contributed by atoms with Gasteiger partial charge in [0.05, 0.1) is 24.9 Å². The normalized spacial score (nSPS) is 17.3. The fourth-order valence-corrected chi connectivity index (χ4v) is 9.89. The van der Waals surface area contributed by atoms with Crippen molar-refractivity contribution in [1.29, 1.82) is 0 Å². The second-order valence-corrected chi connectivity index (χ2v) is 15.0. The SMILES string of the molecule is C=C1C#C[C@@H](C[C@H](O)CO[Si](c2ccccc2)(c2ccccc2)C(C)(C)C)O[C@H]2CCCO[C@@H]2C1.[C-]#[O+].[C-]#[O+].[C-]#[O+].[C-]#[O+].[C-]#[O+].[C-]#[O+].[Co].[Co]. The first kappa shape index (κ1) is 55.7. The summed E-state index contributed by atoms with van der Waals surface area (Å²) in [5, 5.41) is 13.4. The van der Waals surface area contributed by atoms with Crippen LogP contribution in [0.2, 0.25) is 5.04 Å². The fourth-order valence-electron chi connectivity index (χ4n) is 5.29. The van der Waals surface area contributed by atoms with Gasteiger partial charge in [0.1, 0.15) is 6.10 Å². The van der Waals surface area contributed by atoms with Crippen molar-refractivity contribution < 1.29 is 80.5 Å². The van der Waals surface area contributed by atoms with E-state index in [1.165, 1.54) is 10.4 Å². The van der Waals surface area contributed by atoms with Gasteiger partial charge in [-0.25, -0.2) is 0 Å². The molecule has 0 amide bonds. The van der Waals surface area contributed by atoms with Gasteiger partial charge in [0, 0.05) is 53.0 Å². The molecule has 13 heteroatoms. The van der Waals surface area contributed by atoms with Crippen molar-refractivity contribution in [3.63, 3.8) is 0 Å². The molecular formula is C36H38Co2O10Si. The van der Waals surface area contributed by atoms with E-state index in [2.05, 4.69) is 128 Å². The van der Waals surface area contributed by atoms with Crippen molar-refractivity contribution in [2.24, 2.45) is 0 Å². The van der Waals surface area contributed by atoms with Gasteiger partial charge in [-0.2, -0.15) is 0 Å². The number of rotatable bonds is 7. The molecule has 2 aromatic rings. The van der Waals surface area contributed by atoms with Crippen LogP contribution in [-0.4, -0.2) is 51.1 Å². The predicted molar refractivity (Wildman–Crippen MR) is 167 cm³/mol. The smallest absolute Gasteiger partial charge is 0 e. The molecule has 49 heavy (non-hydrogen) atoms. The van der Waals surface area contributed by atoms with Crippen LogP contribution in [-0.2, 0) is 75.4 Å². The minimum absolute atomic E-state index is 0. The molecular weight excluding hydrogens is 738 g/mol. The molecule has 0 bridgehead atoms. The molecule has 0 aromatic heterocycles. The number of hydrogen-bond donors (Lipinski definition) is 1.